The summed E-state index contributed by atoms with van der Waals surface area (Å²) in [5.74, 6) is -3.24. The minimum atomic E-state index is -1.30. The number of carbonyl (C=O) groups is 4. The zero-order chi connectivity index (χ0) is 18.3. The van der Waals surface area contributed by atoms with E-state index in [-0.39, 0.29) is 31.5 Å². The van der Waals surface area contributed by atoms with Crippen LogP contribution in [0.15, 0.2) is 18.2 Å². The second-order valence-electron chi connectivity index (χ2n) is 5.61. The van der Waals surface area contributed by atoms with Crippen LogP contribution in [0.5, 0.6) is 0 Å². The lowest BCUT2D eigenvalue weighted by molar-refractivity contribution is -0.143. The summed E-state index contributed by atoms with van der Waals surface area (Å²) in [6, 6.07) is 4.00. The number of nitrogens with one attached hydrogen (secondary N) is 1. The molecule has 1 amide bonds. The summed E-state index contributed by atoms with van der Waals surface area (Å²) < 4.78 is 0. The van der Waals surface area contributed by atoms with Crippen molar-refractivity contribution >= 4 is 23.6 Å². The molecule has 1 unspecified atom stereocenters. The van der Waals surface area contributed by atoms with Gasteiger partial charge in [0.2, 0.25) is 5.91 Å². The van der Waals surface area contributed by atoms with Crippen molar-refractivity contribution in [3.05, 3.63) is 34.9 Å². The van der Waals surface area contributed by atoms with E-state index in [9.17, 15) is 19.2 Å². The molecule has 3 N–H and O–H groups in total. The predicted molar refractivity (Wildman–Crippen MR) is 85.9 cm³/mol. The average Bonchev–Trinajstić information content (AvgIpc) is 2.51. The fraction of sp³-hybridized carbons (Fsp3) is 0.412. The summed E-state index contributed by atoms with van der Waals surface area (Å²) >= 11 is 0. The normalized spacial score (nSPS) is 11.6. The van der Waals surface area contributed by atoms with Crippen LogP contribution in [0.25, 0.3) is 0 Å². The van der Waals surface area contributed by atoms with Crippen LogP contribution in [0.4, 0.5) is 0 Å². The van der Waals surface area contributed by atoms with E-state index in [1.165, 1.54) is 0 Å². The van der Waals surface area contributed by atoms with Crippen molar-refractivity contribution in [3.63, 3.8) is 0 Å². The van der Waals surface area contributed by atoms with Gasteiger partial charge in [0.05, 0.1) is 0 Å². The zero-order valence-corrected chi connectivity index (χ0v) is 13.7. The van der Waals surface area contributed by atoms with E-state index in [0.29, 0.717) is 5.56 Å². The van der Waals surface area contributed by atoms with Gasteiger partial charge in [-0.3, -0.25) is 14.4 Å². The maximum absolute atomic E-state index is 12.1. The number of carboxylic acids is 2. The summed E-state index contributed by atoms with van der Waals surface area (Å²) in [5, 5.41) is 19.8. The highest BCUT2D eigenvalue weighted by Crippen LogP contribution is 2.12. The fourth-order valence-corrected chi connectivity index (χ4v) is 2.08. The second-order valence-corrected chi connectivity index (χ2v) is 5.61. The van der Waals surface area contributed by atoms with Gasteiger partial charge in [-0.2, -0.15) is 0 Å². The van der Waals surface area contributed by atoms with E-state index in [2.05, 4.69) is 5.32 Å². The van der Waals surface area contributed by atoms with Gasteiger partial charge < -0.3 is 15.5 Å². The minimum absolute atomic E-state index is 0.0421. The molecule has 1 atom stereocenters. The summed E-state index contributed by atoms with van der Waals surface area (Å²) in [4.78, 5) is 45.3. The van der Waals surface area contributed by atoms with Crippen molar-refractivity contribution in [2.75, 3.05) is 0 Å². The molecule has 0 aliphatic carbocycles. The molecule has 0 aliphatic heterocycles. The minimum Gasteiger partial charge on any atom is -0.481 e. The SMILES string of the molecule is Cc1ccc(C(=O)CCC(=O)NC(CCC(=O)O)C(=O)O)cc1C. The van der Waals surface area contributed by atoms with Gasteiger partial charge >= 0.3 is 11.9 Å². The first-order chi connectivity index (χ1) is 11.2. The Hall–Kier alpha value is -2.70. The van der Waals surface area contributed by atoms with E-state index in [1.54, 1.807) is 12.1 Å². The number of carbonyl (C=O) groups excluding carboxylic acids is 2. The van der Waals surface area contributed by atoms with Gasteiger partial charge in [-0.15, -0.1) is 0 Å². The van der Waals surface area contributed by atoms with Gasteiger partial charge in [-0.05, 0) is 37.5 Å². The molecule has 0 saturated heterocycles. The largest absolute Gasteiger partial charge is 0.481 e. The van der Waals surface area contributed by atoms with Crippen LogP contribution in [0.1, 0.15) is 47.2 Å². The standard InChI is InChI=1S/C17H21NO6/c1-10-3-4-12(9-11(10)2)14(19)6-7-15(20)18-13(17(23)24)5-8-16(21)22/h3-4,9,13H,5-8H2,1-2H3,(H,18,20)(H,21,22)(H,23,24). The molecule has 0 radical (unpaired) electrons. The van der Waals surface area contributed by atoms with Crippen LogP contribution in [0.2, 0.25) is 0 Å². The highest BCUT2D eigenvalue weighted by molar-refractivity contribution is 5.98. The monoisotopic (exact) mass is 335 g/mol. The molecule has 1 rings (SSSR count). The van der Waals surface area contributed by atoms with Crippen molar-refractivity contribution in [1.29, 1.82) is 0 Å². The van der Waals surface area contributed by atoms with Gasteiger partial charge in [-0.1, -0.05) is 12.1 Å². The summed E-state index contributed by atoms with van der Waals surface area (Å²) in [7, 11) is 0. The number of hydrogen-bond donors (Lipinski definition) is 3. The number of hydrogen-bond acceptors (Lipinski definition) is 4. The van der Waals surface area contributed by atoms with Crippen LogP contribution in [-0.4, -0.2) is 39.9 Å². The van der Waals surface area contributed by atoms with Gasteiger partial charge in [0.1, 0.15) is 6.04 Å². The molecule has 24 heavy (non-hydrogen) atoms. The van der Waals surface area contributed by atoms with Crippen LogP contribution in [0, 0.1) is 13.8 Å². The zero-order valence-electron chi connectivity index (χ0n) is 13.7. The molecule has 0 aliphatic rings. The lowest BCUT2D eigenvalue weighted by atomic mass is 10.0. The third-order valence-electron chi connectivity index (χ3n) is 3.69. The van der Waals surface area contributed by atoms with Crippen LogP contribution < -0.4 is 5.32 Å². The Balaban J connectivity index is 2.54. The number of ketones is 1. The lowest BCUT2D eigenvalue weighted by Crippen LogP contribution is -2.41. The summed E-state index contributed by atoms with van der Waals surface area (Å²) in [6.45, 7) is 3.82. The number of benzene rings is 1. The molecular formula is C17H21NO6. The van der Waals surface area contributed by atoms with E-state index < -0.39 is 23.9 Å². The number of carboxylic acid groups (broad SMARTS) is 2. The Labute approximate surface area is 139 Å². The topological polar surface area (TPSA) is 121 Å². The van der Waals surface area contributed by atoms with Crippen molar-refractivity contribution in [1.82, 2.24) is 5.32 Å². The Kier molecular flexibility index (Phi) is 7.10. The molecular weight excluding hydrogens is 314 g/mol. The molecule has 1 aromatic rings. The molecule has 0 fully saturated rings. The molecule has 1 aromatic carbocycles. The van der Waals surface area contributed by atoms with Gasteiger partial charge in [0.25, 0.3) is 0 Å². The van der Waals surface area contributed by atoms with Crippen molar-refractivity contribution < 1.29 is 29.4 Å². The Morgan fingerprint density at radius 3 is 2.21 bits per heavy atom. The van der Waals surface area contributed by atoms with Crippen LogP contribution in [0.3, 0.4) is 0 Å². The average molecular weight is 335 g/mol. The third kappa shape index (κ3) is 6.20. The molecule has 0 aromatic heterocycles. The van der Waals surface area contributed by atoms with Gasteiger partial charge in [-0.25, -0.2) is 4.79 Å². The smallest absolute Gasteiger partial charge is 0.326 e. The van der Waals surface area contributed by atoms with Gasteiger partial charge in [0, 0.05) is 24.8 Å². The first kappa shape index (κ1) is 19.3. The second kappa shape index (κ2) is 8.81. The number of aliphatic carboxylic acids is 2. The summed E-state index contributed by atoms with van der Waals surface area (Å²) in [5.41, 5.74) is 2.54. The van der Waals surface area contributed by atoms with E-state index in [0.717, 1.165) is 11.1 Å². The van der Waals surface area contributed by atoms with E-state index in [4.69, 9.17) is 10.2 Å². The Bertz CT molecular complexity index is 652. The quantitative estimate of drug-likeness (QED) is 0.591. The first-order valence-corrected chi connectivity index (χ1v) is 7.55. The van der Waals surface area contributed by atoms with Crippen molar-refractivity contribution in [2.45, 2.75) is 45.6 Å². The maximum atomic E-state index is 12.1. The number of rotatable bonds is 9. The molecule has 0 spiro atoms. The van der Waals surface area contributed by atoms with Gasteiger partial charge in [0.15, 0.2) is 5.78 Å². The van der Waals surface area contributed by atoms with E-state index >= 15 is 0 Å². The summed E-state index contributed by atoms with van der Waals surface area (Å²) in [6.07, 6.45) is -0.761. The Morgan fingerprint density at radius 2 is 1.67 bits per heavy atom. The predicted octanol–water partition coefficient (Wildman–Crippen LogP) is 1.70. The van der Waals surface area contributed by atoms with Crippen molar-refractivity contribution in [2.24, 2.45) is 0 Å². The van der Waals surface area contributed by atoms with E-state index in [1.807, 2.05) is 19.9 Å². The molecule has 0 saturated carbocycles. The highest BCUT2D eigenvalue weighted by atomic mass is 16.4. The first-order valence-electron chi connectivity index (χ1n) is 7.55. The molecule has 0 heterocycles. The third-order valence-corrected chi connectivity index (χ3v) is 3.69. The molecule has 7 nitrogen and oxygen atoms in total. The number of aryl methyl sites for hydroxylation is 2. The molecule has 0 bridgehead atoms. The lowest BCUT2D eigenvalue weighted by Gasteiger charge is -2.13. The molecule has 130 valence electrons. The van der Waals surface area contributed by atoms with Crippen LogP contribution in [-0.2, 0) is 14.4 Å². The molecule has 7 heteroatoms. The number of amides is 1. The van der Waals surface area contributed by atoms with Crippen molar-refractivity contribution in [3.8, 4) is 0 Å². The van der Waals surface area contributed by atoms with Crippen LogP contribution >= 0.6 is 0 Å². The number of Topliss-reactive ketones (excluding diaryl/α,β-unsaturated/α-hetero) is 1. The fourth-order valence-electron chi connectivity index (χ4n) is 2.08. The maximum Gasteiger partial charge on any atom is 0.326 e. The Morgan fingerprint density at radius 1 is 1.00 bits per heavy atom. The highest BCUT2D eigenvalue weighted by Gasteiger charge is 2.21.